The molecule has 7 heterocycles. The minimum Gasteiger partial charge on any atom is -0.870 e. The van der Waals surface area contributed by atoms with Gasteiger partial charge in [0.05, 0.1) is 34.5 Å². The Morgan fingerprint density at radius 2 is 0.784 bits per heavy atom. The van der Waals surface area contributed by atoms with Gasteiger partial charge in [0, 0.05) is 137 Å². The molecule has 37 nitrogen and oxygen atoms in total. The molecule has 7 fully saturated rings. The molecular weight excluding hydrogens is 2410 g/mol. The van der Waals surface area contributed by atoms with E-state index in [-0.39, 0.29) is 164 Å². The summed E-state index contributed by atoms with van der Waals surface area (Å²) in [5.41, 5.74) is 13.4. The first-order chi connectivity index (χ1) is 66.4. The van der Waals surface area contributed by atoms with E-state index in [4.69, 9.17) is 137 Å². The molecule has 0 spiro atoms. The number of sulfonamides is 2. The quantitative estimate of drug-likeness (QED) is 0.00707. The Bertz CT molecular complexity index is 5960. The van der Waals surface area contributed by atoms with Crippen molar-refractivity contribution in [1.29, 1.82) is 0 Å². The Morgan fingerprint density at radius 3 is 1.06 bits per heavy atom. The average Bonchev–Trinajstić information content (AvgIpc) is 1.61. The Morgan fingerprint density at radius 1 is 0.473 bits per heavy atom. The van der Waals surface area contributed by atoms with Crippen LogP contribution in [-0.4, -0.2) is 220 Å². The molecule has 6 atom stereocenters. The van der Waals surface area contributed by atoms with Crippen LogP contribution in [0.2, 0.25) is 30.1 Å². The molecule has 9 aromatic rings. The molecule has 2 radical (unpaired) electrons. The fourth-order valence-electron chi connectivity index (χ4n) is 13.5. The van der Waals surface area contributed by atoms with Gasteiger partial charge in [0.1, 0.15) is 54.1 Å². The molecule has 7 aliphatic rings. The number of quaternary nitrogens is 1. The van der Waals surface area contributed by atoms with E-state index < -0.39 is 120 Å². The van der Waals surface area contributed by atoms with E-state index in [1.54, 1.807) is 41.8 Å². The molecule has 4 saturated heterocycles. The van der Waals surface area contributed by atoms with Crippen molar-refractivity contribution < 1.29 is 183 Å². The molecule has 3 unspecified atom stereocenters. The number of nitrogens with zero attached hydrogens (tertiary/aromatic N) is 2. The summed E-state index contributed by atoms with van der Waals surface area (Å²) in [4.78, 5) is 59.5. The third kappa shape index (κ3) is 41.7. The molecule has 0 amide bonds. The first kappa shape index (κ1) is 137. The summed E-state index contributed by atoms with van der Waals surface area (Å²) in [6.45, 7) is -5.28. The third-order valence-electron chi connectivity index (χ3n) is 21.2. The zero-order valence-corrected chi connectivity index (χ0v) is 92.6. The Labute approximate surface area is 918 Å². The summed E-state index contributed by atoms with van der Waals surface area (Å²) < 4.78 is 210. The predicted molar refractivity (Wildman–Crippen MR) is 544 cm³/mol. The first-order valence-electron chi connectivity index (χ1n) is 42.6. The van der Waals surface area contributed by atoms with Crippen LogP contribution < -0.4 is 65.3 Å². The van der Waals surface area contributed by atoms with Crippen LogP contribution in [-0.2, 0) is 81.7 Å². The molecule has 3 aliphatic carbocycles. The van der Waals surface area contributed by atoms with Gasteiger partial charge >= 0.3 is 74.5 Å². The Balaban J connectivity index is 0.000000671. The number of alkyl halides is 6. The van der Waals surface area contributed by atoms with E-state index in [1.165, 1.54) is 153 Å². The Kier molecular flexibility index (Phi) is 61.4. The van der Waals surface area contributed by atoms with Crippen LogP contribution in [0.3, 0.4) is 0 Å². The molecule has 3 saturated carbocycles. The predicted octanol–water partition coefficient (Wildman–Crippen LogP) is 13.7. The number of benzene rings is 6. The minimum absolute atomic E-state index is 0. The number of hydrogen-bond acceptors (Lipinski definition) is 30. The van der Waals surface area contributed by atoms with Crippen molar-refractivity contribution in [2.75, 3.05) is 75.7 Å². The van der Waals surface area contributed by atoms with E-state index in [0.29, 0.717) is 105 Å². The van der Waals surface area contributed by atoms with Crippen molar-refractivity contribution in [2.45, 2.75) is 140 Å². The molecule has 148 heavy (non-hydrogen) atoms. The van der Waals surface area contributed by atoms with Crippen molar-refractivity contribution in [3.63, 3.8) is 0 Å². The number of ether oxygens (including phenoxy) is 10. The van der Waals surface area contributed by atoms with Gasteiger partial charge in [-0.3, -0.25) is 5.32 Å². The normalized spacial score (nSPS) is 16.5. The van der Waals surface area contributed by atoms with Crippen molar-refractivity contribution >= 4 is 229 Å². The Hall–Kier alpha value is -6.96. The monoisotopic (exact) mass is 2510 g/mol. The van der Waals surface area contributed by atoms with Gasteiger partial charge < -0.3 is 103 Å². The number of aromatic amines is 3. The number of anilines is 1. The van der Waals surface area contributed by atoms with Crippen LogP contribution in [0.1, 0.15) is 103 Å². The molecule has 60 heteroatoms. The summed E-state index contributed by atoms with van der Waals surface area (Å²) in [6.07, 6.45) is 15.0. The van der Waals surface area contributed by atoms with Crippen LogP contribution in [0.4, 0.5) is 43.4 Å². The van der Waals surface area contributed by atoms with Crippen molar-refractivity contribution in [3.05, 3.63) is 233 Å². The number of nitrogen functional groups attached to an aromatic ring is 1. The number of halogens is 16. The van der Waals surface area contributed by atoms with Gasteiger partial charge in [-0.2, -0.15) is 35.0 Å². The van der Waals surface area contributed by atoms with Gasteiger partial charge in [0.2, 0.25) is 20.0 Å². The second-order valence-electron chi connectivity index (χ2n) is 31.3. The van der Waals surface area contributed by atoms with E-state index in [1.807, 2.05) is 0 Å². The maximum atomic E-state index is 13.7. The van der Waals surface area contributed by atoms with Gasteiger partial charge in [-0.25, -0.2) is 54.6 Å². The van der Waals surface area contributed by atoms with E-state index in [2.05, 4.69) is 40.2 Å². The van der Waals surface area contributed by atoms with Crippen LogP contribution >= 0.6 is 146 Å². The summed E-state index contributed by atoms with van der Waals surface area (Å²) in [7, 11) is 3.17. The van der Waals surface area contributed by atoms with Crippen molar-refractivity contribution in [2.24, 2.45) is 17.8 Å². The zero-order valence-electron chi connectivity index (χ0n) is 77.2. The standard InChI is InChI=1S/C28H25Cl2F2N3O7S2.C28H27Cl2F2N3O6S2.C22H22Cl2F2N2O4S.C6H6ClNO2S.C4H8O.3ClH.8H2O.Sn/c29-21-13-33-14-22(30)20(21)12-24(17-3-8-23(42-28(31)32)25(11-17)40-15-16-1-2-16)41-27(36)26-35(9-10-43-26)44(38,39)19-6-4-18(34-37)5-7-19;29-21-13-34-14-22(30)20(21)12-24(17-3-8-23(41-28(31)32)25(11-17)39-15-16-1-2-16)40-27(36)26-35(9-10-42-26)43(37,38)19-6-4-18(33)5-7-19;23-15-9-27-10-16(24)14(15)8-18(31-21(29)20-28-5-6-33-20)13-3-4-17(32-22(25)26)19(7-13)30-11-12-1-2-12;7-11(9,10)6-3-1-5(8)2-4-6;1-2-4-5-3-1;;;;;;;;;;;;/h3-8,11,13-14,16,24,26,28H,1-2,9-10,12,15H2;3-8,11,13-14,16,24,26,28H,1-2,9-10,12,15,33H2;3-4,7,9-10,12,18,20,22,28H,1-2,5-6,8,11H2;1-4H,8H2;1-4H2;3*1H;8*1H2;/q;;;;;;;;;;;;;;;;+2/p-2/t2*24-,26?;18-,20?;;;;;;;;;;;;;;/m000............../s1. The number of carbonyl (C=O) groups is 3. The van der Waals surface area contributed by atoms with Crippen LogP contribution in [0, 0.1) is 22.7 Å². The van der Waals surface area contributed by atoms with Crippen LogP contribution in [0.25, 0.3) is 0 Å². The van der Waals surface area contributed by atoms with Gasteiger partial charge in [0.15, 0.2) is 87.8 Å². The molecule has 21 N–H and O–H groups in total. The van der Waals surface area contributed by atoms with Crippen molar-refractivity contribution in [3.8, 4) is 34.5 Å². The zero-order chi connectivity index (χ0) is 100. The molecule has 16 rings (SSSR count). The van der Waals surface area contributed by atoms with E-state index >= 15 is 0 Å². The average molecular weight is 2520 g/mol. The van der Waals surface area contributed by atoms with Crippen LogP contribution in [0.5, 0.6) is 34.5 Å². The molecule has 0 bridgehead atoms. The number of esters is 3. The number of rotatable bonds is 36. The number of nitrogens with one attached hydrogen (secondary N) is 5. The summed E-state index contributed by atoms with van der Waals surface area (Å²) in [5.74, 6) is 0.320. The fraction of sp³-hybridized carbons (Fsp3) is 0.386. The summed E-state index contributed by atoms with van der Waals surface area (Å²) in [6, 6.07) is 29.9. The first-order valence-corrected chi connectivity index (χ1v) is 60.4. The number of thioether (sulfide) groups is 3. The van der Waals surface area contributed by atoms with Crippen molar-refractivity contribution in [1.82, 2.24) is 13.9 Å². The number of nitrogens with two attached hydrogens (primary N) is 1. The third-order valence-corrected chi connectivity index (χ3v) is 32.2. The molecular formula is C88H105Cl10F6N9O28S6Sn. The number of nitroso groups, excluding NO2 is 1. The van der Waals surface area contributed by atoms with Gasteiger partial charge in [-0.15, -0.1) is 47.7 Å². The largest absolute Gasteiger partial charge is 0.870 e. The second kappa shape index (κ2) is 66.3. The van der Waals surface area contributed by atoms with Gasteiger partial charge in [-0.1, -0.05) is 87.8 Å². The van der Waals surface area contributed by atoms with Gasteiger partial charge in [-0.05, 0) is 171 Å². The maximum Gasteiger partial charge on any atom is 0.261 e. The number of aromatic nitrogens is 3. The van der Waals surface area contributed by atoms with Gasteiger partial charge in [0.25, 0.3) is 14.7 Å². The molecule has 6 aromatic carbocycles. The number of carbonyl (C=O) groups excluding carboxylic acids is 3. The SMILES string of the molecule is C1CCOC1.Cl.Nc1ccc(S(=O)(=O)N2CCSC2C(=O)O[C@@H](Cc2c(Cl)c[nH+]cc2Cl)c2ccc(OC(F)F)c(OCC3CC3)c2)cc1.O.O.O.O=C(O[C@@H](Cc1c(Cl)c[nH+]cc1Cl)c1ccc(OC(F)F)c(OCC2CC2)c1)C1NCCS1.O=[NH+]c1ccc(S(=O)(=O)N2CCSC2C(=O)O[C@@H](Cc2c(Cl)c[nH+]cc2Cl)c2ccc(OC(F)F)c(OCC3CC3)c2)cc1.[Cl][Sn][Cl].[NH3+]c1ccc(S(=O)(=O)Cl)cc1.[OH-].[OH-].[OH-].[OH-].[OH-]. The fourth-order valence-corrected chi connectivity index (χ4v) is 22.9. The summed E-state index contributed by atoms with van der Waals surface area (Å²) in [5, 5.41) is 3.76. The number of H-pyrrole nitrogens is 3. The smallest absolute Gasteiger partial charge is 0.261 e. The van der Waals surface area contributed by atoms with Crippen LogP contribution in [0.15, 0.2) is 179 Å². The maximum absolute atomic E-state index is 13.7. The summed E-state index contributed by atoms with van der Waals surface area (Å²) >= 11 is 41.1. The molecule has 4 aliphatic heterocycles. The topological polar surface area (TPSA) is 636 Å². The van der Waals surface area contributed by atoms with E-state index in [9.17, 15) is 70.9 Å². The minimum atomic E-state index is -4.14. The molecule has 3 aromatic heterocycles. The van der Waals surface area contributed by atoms with E-state index in [0.717, 1.165) is 95.3 Å². The second-order valence-corrected chi connectivity index (χ2v) is 48.0. The molecule has 822 valence electrons. The number of pyridine rings is 3. The number of hydrogen-bond donors (Lipinski definition) is 4.